The van der Waals surface area contributed by atoms with Crippen LogP contribution in [0.1, 0.15) is 57.1 Å². The zero-order chi connectivity index (χ0) is 20.4. The molecule has 3 fully saturated rings. The average Bonchev–Trinajstić information content (AvgIpc) is 3.45. The predicted molar refractivity (Wildman–Crippen MR) is 112 cm³/mol. The van der Waals surface area contributed by atoms with Crippen molar-refractivity contribution in [2.45, 2.75) is 69.4 Å². The third kappa shape index (κ3) is 2.77. The summed E-state index contributed by atoms with van der Waals surface area (Å²) in [5.74, 6) is 1.09. The number of amides is 1. The van der Waals surface area contributed by atoms with E-state index in [-0.39, 0.29) is 23.6 Å². The molecule has 1 heterocycles. The highest BCUT2D eigenvalue weighted by Crippen LogP contribution is 2.62. The predicted octanol–water partition coefficient (Wildman–Crippen LogP) is 2.68. The van der Waals surface area contributed by atoms with E-state index in [1.165, 1.54) is 18.4 Å². The van der Waals surface area contributed by atoms with Crippen LogP contribution in [0.25, 0.3) is 0 Å². The van der Waals surface area contributed by atoms with Gasteiger partial charge in [-0.1, -0.05) is 6.07 Å². The molecule has 4 aliphatic rings. The third-order valence-corrected chi connectivity index (χ3v) is 8.44. The van der Waals surface area contributed by atoms with E-state index in [9.17, 15) is 15.0 Å². The molecule has 4 atom stereocenters. The second-order valence-electron chi connectivity index (χ2n) is 9.87. The van der Waals surface area contributed by atoms with Gasteiger partial charge in [0.15, 0.2) is 0 Å². The van der Waals surface area contributed by atoms with Crippen molar-refractivity contribution >= 4 is 5.91 Å². The number of phenolic OH excluding ortho intramolecular Hbond substituents is 1. The van der Waals surface area contributed by atoms with Crippen LogP contribution in [-0.4, -0.2) is 63.7 Å². The first-order chi connectivity index (χ1) is 13.9. The molecule has 1 aromatic carbocycles. The van der Waals surface area contributed by atoms with E-state index in [0.29, 0.717) is 25.9 Å². The quantitative estimate of drug-likeness (QED) is 0.800. The Bertz CT molecular complexity index is 818. The molecule has 0 aromatic heterocycles. The van der Waals surface area contributed by atoms with Gasteiger partial charge in [-0.25, -0.2) is 0 Å². The van der Waals surface area contributed by atoms with Crippen molar-refractivity contribution in [1.82, 2.24) is 9.80 Å². The first kappa shape index (κ1) is 19.4. The molecule has 1 amide bonds. The maximum absolute atomic E-state index is 13.3. The van der Waals surface area contributed by atoms with Crippen LogP contribution < -0.4 is 0 Å². The van der Waals surface area contributed by atoms with Gasteiger partial charge in [-0.2, -0.15) is 0 Å². The normalized spacial score (nSPS) is 35.8. The van der Waals surface area contributed by atoms with Crippen LogP contribution in [0.3, 0.4) is 0 Å². The number of carbonyl (C=O) groups excluding carboxylic acids is 1. The molecule has 5 rings (SSSR count). The Morgan fingerprint density at radius 1 is 1.24 bits per heavy atom. The number of likely N-dealkylation sites (tertiary alicyclic amines) is 1. The fraction of sp³-hybridized carbons (Fsp3) is 0.708. The number of piperidine rings is 1. The standard InChI is InChI=1S/C24H34N2O3/c1-3-25(4-2)22(28)18-13-23-9-10-26(15-16-5-6-16)21(24(23,29)14-18)11-17-7-8-19(27)12-20(17)23/h7-8,12,16,18,21,27,29H,3-6,9-11,13-15H2,1-2H3/t18-,21-,23-,24-/m1/s1. The van der Waals surface area contributed by atoms with Crippen LogP contribution >= 0.6 is 0 Å². The highest BCUT2D eigenvalue weighted by Gasteiger charge is 2.68. The van der Waals surface area contributed by atoms with Crippen molar-refractivity contribution in [3.05, 3.63) is 29.3 Å². The number of hydrogen-bond donors (Lipinski definition) is 2. The fourth-order valence-electron chi connectivity index (χ4n) is 6.80. The summed E-state index contributed by atoms with van der Waals surface area (Å²) in [5.41, 5.74) is 1.03. The lowest BCUT2D eigenvalue weighted by Crippen LogP contribution is -2.69. The summed E-state index contributed by atoms with van der Waals surface area (Å²) in [5, 5.41) is 22.5. The lowest BCUT2D eigenvalue weighted by atomic mass is 9.56. The van der Waals surface area contributed by atoms with Gasteiger partial charge in [0, 0.05) is 37.0 Å². The van der Waals surface area contributed by atoms with Crippen LogP contribution in [0.5, 0.6) is 5.75 Å². The molecule has 0 unspecified atom stereocenters. The molecule has 5 nitrogen and oxygen atoms in total. The number of rotatable bonds is 5. The van der Waals surface area contributed by atoms with Crippen LogP contribution in [0.2, 0.25) is 0 Å². The summed E-state index contributed by atoms with van der Waals surface area (Å²) < 4.78 is 0. The van der Waals surface area contributed by atoms with Crippen LogP contribution in [-0.2, 0) is 16.6 Å². The largest absolute Gasteiger partial charge is 0.508 e. The molecule has 2 bridgehead atoms. The maximum Gasteiger partial charge on any atom is 0.225 e. The third-order valence-electron chi connectivity index (χ3n) is 8.44. The Hall–Kier alpha value is -1.59. The number of carbonyl (C=O) groups is 1. The summed E-state index contributed by atoms with van der Waals surface area (Å²) in [4.78, 5) is 17.7. The van der Waals surface area contributed by atoms with Gasteiger partial charge >= 0.3 is 0 Å². The molecule has 0 radical (unpaired) electrons. The second kappa shape index (κ2) is 6.71. The number of aromatic hydroxyl groups is 1. The number of fused-ring (bicyclic) bond motifs is 1. The van der Waals surface area contributed by atoms with Gasteiger partial charge in [0.1, 0.15) is 5.75 Å². The minimum absolute atomic E-state index is 0.0726. The smallest absolute Gasteiger partial charge is 0.225 e. The molecule has 1 aliphatic heterocycles. The number of phenols is 1. The minimum Gasteiger partial charge on any atom is -0.508 e. The maximum atomic E-state index is 13.3. The van der Waals surface area contributed by atoms with E-state index >= 15 is 0 Å². The number of benzene rings is 1. The fourth-order valence-corrected chi connectivity index (χ4v) is 6.80. The lowest BCUT2D eigenvalue weighted by molar-refractivity contribution is -0.139. The Morgan fingerprint density at radius 3 is 2.69 bits per heavy atom. The van der Waals surface area contributed by atoms with Crippen LogP contribution in [0.4, 0.5) is 0 Å². The van der Waals surface area contributed by atoms with Crippen molar-refractivity contribution < 1.29 is 15.0 Å². The summed E-state index contributed by atoms with van der Waals surface area (Å²) in [7, 11) is 0. The van der Waals surface area contributed by atoms with Gasteiger partial charge in [0.25, 0.3) is 0 Å². The molecule has 158 valence electrons. The number of aliphatic hydroxyl groups is 1. The molecule has 5 heteroatoms. The summed E-state index contributed by atoms with van der Waals surface area (Å²) in [6.45, 7) is 7.53. The molecule has 1 saturated heterocycles. The summed E-state index contributed by atoms with van der Waals surface area (Å²) in [6, 6.07) is 5.76. The minimum atomic E-state index is -0.894. The van der Waals surface area contributed by atoms with Crippen molar-refractivity contribution in [1.29, 1.82) is 0 Å². The lowest BCUT2D eigenvalue weighted by Gasteiger charge is -2.59. The van der Waals surface area contributed by atoms with E-state index < -0.39 is 11.0 Å². The van der Waals surface area contributed by atoms with Crippen LogP contribution in [0, 0.1) is 11.8 Å². The van der Waals surface area contributed by atoms with E-state index in [1.807, 2.05) is 30.9 Å². The van der Waals surface area contributed by atoms with Crippen molar-refractivity contribution in [2.75, 3.05) is 26.2 Å². The molecular formula is C24H34N2O3. The van der Waals surface area contributed by atoms with Gasteiger partial charge in [0.05, 0.1) is 5.60 Å². The summed E-state index contributed by atoms with van der Waals surface area (Å²) >= 11 is 0. The zero-order valence-electron chi connectivity index (χ0n) is 17.7. The number of hydrogen-bond acceptors (Lipinski definition) is 4. The Morgan fingerprint density at radius 2 is 2.00 bits per heavy atom. The Balaban J connectivity index is 1.57. The molecule has 1 aromatic rings. The topological polar surface area (TPSA) is 64.0 Å². The highest BCUT2D eigenvalue weighted by molar-refractivity contribution is 5.80. The average molecular weight is 399 g/mol. The molecule has 29 heavy (non-hydrogen) atoms. The summed E-state index contributed by atoms with van der Waals surface area (Å²) in [6.07, 6.45) is 5.53. The first-order valence-corrected chi connectivity index (χ1v) is 11.5. The monoisotopic (exact) mass is 398 g/mol. The van der Waals surface area contributed by atoms with Gasteiger partial charge in [-0.3, -0.25) is 9.69 Å². The molecule has 2 saturated carbocycles. The van der Waals surface area contributed by atoms with E-state index in [4.69, 9.17) is 0 Å². The van der Waals surface area contributed by atoms with Crippen molar-refractivity contribution in [3.63, 3.8) is 0 Å². The van der Waals surface area contributed by atoms with Crippen molar-refractivity contribution in [3.8, 4) is 5.75 Å². The first-order valence-electron chi connectivity index (χ1n) is 11.5. The SMILES string of the molecule is CCN(CC)C(=O)[C@@H]1C[C@]23CCN(CC4CC4)[C@H](Cc4ccc(O)cc42)[C@]3(O)C1. The molecule has 0 spiro atoms. The van der Waals surface area contributed by atoms with E-state index in [0.717, 1.165) is 37.4 Å². The highest BCUT2D eigenvalue weighted by atomic mass is 16.3. The van der Waals surface area contributed by atoms with Gasteiger partial charge in [-0.05, 0) is 88.1 Å². The van der Waals surface area contributed by atoms with Gasteiger partial charge < -0.3 is 15.1 Å². The number of nitrogens with zero attached hydrogens (tertiary/aromatic N) is 2. The molecule has 2 N–H and O–H groups in total. The van der Waals surface area contributed by atoms with Crippen molar-refractivity contribution in [2.24, 2.45) is 11.8 Å². The van der Waals surface area contributed by atoms with E-state index in [1.54, 1.807) is 6.07 Å². The van der Waals surface area contributed by atoms with Gasteiger partial charge in [-0.15, -0.1) is 0 Å². The molecule has 3 aliphatic carbocycles. The van der Waals surface area contributed by atoms with Gasteiger partial charge in [0.2, 0.25) is 5.91 Å². The Kier molecular flexibility index (Phi) is 4.48. The molecular weight excluding hydrogens is 364 g/mol. The van der Waals surface area contributed by atoms with Crippen LogP contribution in [0.15, 0.2) is 18.2 Å². The second-order valence-corrected chi connectivity index (χ2v) is 9.87. The zero-order valence-corrected chi connectivity index (χ0v) is 17.7. The van der Waals surface area contributed by atoms with E-state index in [2.05, 4.69) is 4.90 Å². The Labute approximate surface area is 173 Å².